The van der Waals surface area contributed by atoms with Gasteiger partial charge in [-0.2, -0.15) is 0 Å². The van der Waals surface area contributed by atoms with Crippen LogP contribution >= 0.6 is 0 Å². The lowest BCUT2D eigenvalue weighted by Gasteiger charge is -2.37. The monoisotopic (exact) mass is 393 g/mol. The van der Waals surface area contributed by atoms with Crippen LogP contribution in [0.3, 0.4) is 0 Å². The molecule has 0 aromatic heterocycles. The zero-order valence-corrected chi connectivity index (χ0v) is 17.1. The Hall–Kier alpha value is -2.43. The second kappa shape index (κ2) is 6.28. The molecule has 29 heavy (non-hydrogen) atoms. The van der Waals surface area contributed by atoms with Crippen LogP contribution in [0.5, 0.6) is 5.75 Å². The van der Waals surface area contributed by atoms with Gasteiger partial charge in [-0.25, -0.2) is 4.79 Å². The second-order valence-electron chi connectivity index (χ2n) is 9.65. The number of rotatable bonds is 5. The van der Waals surface area contributed by atoms with Crippen molar-refractivity contribution < 1.29 is 19.1 Å². The van der Waals surface area contributed by atoms with Crippen LogP contribution < -0.4 is 4.74 Å². The van der Waals surface area contributed by atoms with Crippen LogP contribution in [0.15, 0.2) is 36.4 Å². The molecule has 152 valence electrons. The van der Waals surface area contributed by atoms with E-state index in [0.29, 0.717) is 17.6 Å². The molecular weight excluding hydrogens is 366 g/mol. The summed E-state index contributed by atoms with van der Waals surface area (Å²) in [7, 11) is 0. The van der Waals surface area contributed by atoms with Crippen molar-refractivity contribution in [2.24, 2.45) is 35.5 Å². The fourth-order valence-corrected chi connectivity index (χ4v) is 5.65. The lowest BCUT2D eigenvalue weighted by atomic mass is 9.63. The minimum absolute atomic E-state index is 0.0569. The molecular formula is C24H27NO4. The van der Waals surface area contributed by atoms with Crippen molar-refractivity contribution >= 4 is 17.8 Å². The van der Waals surface area contributed by atoms with E-state index >= 15 is 0 Å². The smallest absolute Gasteiger partial charge is 0.331 e. The third-order valence-electron chi connectivity index (χ3n) is 7.79. The summed E-state index contributed by atoms with van der Waals surface area (Å²) in [6, 6.07) is 7.47. The molecule has 0 N–H and O–H groups in total. The number of amides is 2. The number of hydrogen-bond donors (Lipinski definition) is 0. The number of likely N-dealkylation sites (tertiary alicyclic amines) is 1. The van der Waals surface area contributed by atoms with Gasteiger partial charge in [0.2, 0.25) is 11.8 Å². The second-order valence-corrected chi connectivity index (χ2v) is 9.65. The SMILES string of the molecule is CCC(C)(C)c1ccc(OC(=O)CN2C(=O)[C@@H]3[C@H]4C=C[C@H]([C@H]5C[C@@H]45)[C@@H]3C2=O)cc1. The van der Waals surface area contributed by atoms with Gasteiger partial charge in [-0.1, -0.05) is 45.1 Å². The van der Waals surface area contributed by atoms with E-state index < -0.39 is 5.97 Å². The molecule has 1 aromatic rings. The first-order valence-corrected chi connectivity index (χ1v) is 10.7. The van der Waals surface area contributed by atoms with Gasteiger partial charge in [-0.3, -0.25) is 14.5 Å². The third-order valence-corrected chi connectivity index (χ3v) is 7.79. The number of carbonyl (C=O) groups is 3. The number of ether oxygens (including phenoxy) is 1. The topological polar surface area (TPSA) is 63.7 Å². The van der Waals surface area contributed by atoms with Crippen molar-refractivity contribution in [3.05, 3.63) is 42.0 Å². The Labute approximate surface area is 171 Å². The number of esters is 1. The van der Waals surface area contributed by atoms with Crippen LogP contribution in [-0.2, 0) is 19.8 Å². The van der Waals surface area contributed by atoms with Gasteiger partial charge in [-0.15, -0.1) is 0 Å². The van der Waals surface area contributed by atoms with Gasteiger partial charge in [0.05, 0.1) is 11.8 Å². The minimum atomic E-state index is -0.571. The van der Waals surface area contributed by atoms with E-state index in [9.17, 15) is 14.4 Å². The number of imide groups is 1. The lowest BCUT2D eigenvalue weighted by Crippen LogP contribution is -2.40. The number of nitrogens with zero attached hydrogens (tertiary/aromatic N) is 1. The molecule has 0 spiro atoms. The molecule has 1 aromatic carbocycles. The van der Waals surface area contributed by atoms with Gasteiger partial charge in [0.15, 0.2) is 0 Å². The molecule has 0 unspecified atom stereocenters. The summed E-state index contributed by atoms with van der Waals surface area (Å²) in [5, 5.41) is 0. The maximum absolute atomic E-state index is 12.9. The van der Waals surface area contributed by atoms with E-state index in [2.05, 4.69) is 32.9 Å². The third kappa shape index (κ3) is 2.77. The zero-order chi connectivity index (χ0) is 20.5. The Morgan fingerprint density at radius 1 is 1.03 bits per heavy atom. The van der Waals surface area contributed by atoms with Crippen molar-refractivity contribution in [1.29, 1.82) is 0 Å². The predicted molar refractivity (Wildman–Crippen MR) is 107 cm³/mol. The molecule has 1 heterocycles. The van der Waals surface area contributed by atoms with Crippen molar-refractivity contribution in [2.75, 3.05) is 6.54 Å². The fraction of sp³-hybridized carbons (Fsp3) is 0.542. The largest absolute Gasteiger partial charge is 0.425 e. The fourth-order valence-electron chi connectivity index (χ4n) is 5.65. The average Bonchev–Trinajstić information content (AvgIpc) is 3.49. The van der Waals surface area contributed by atoms with Crippen LogP contribution in [-0.4, -0.2) is 29.2 Å². The van der Waals surface area contributed by atoms with E-state index in [1.165, 1.54) is 5.56 Å². The van der Waals surface area contributed by atoms with E-state index in [-0.39, 0.29) is 47.4 Å². The highest BCUT2D eigenvalue weighted by atomic mass is 16.5. The number of allylic oxidation sites excluding steroid dienone is 2. The standard InChI is InChI=1S/C24H27NO4/c1-4-24(2,3)13-5-7-14(8-6-13)29-19(26)12-25-22(27)20-15-9-10-16(18-11-17(15)18)21(20)23(25)28/h5-10,15-18,20-21H,4,11-12H2,1-3H3/t15-,16+,17-,18+,20+,21-. The van der Waals surface area contributed by atoms with E-state index in [1.807, 2.05) is 12.1 Å². The molecule has 3 fully saturated rings. The Morgan fingerprint density at radius 2 is 1.59 bits per heavy atom. The van der Waals surface area contributed by atoms with Gasteiger partial charge in [0.1, 0.15) is 12.3 Å². The summed E-state index contributed by atoms with van der Waals surface area (Å²) in [5.41, 5.74) is 1.23. The molecule has 6 rings (SSSR count). The molecule has 5 heteroatoms. The van der Waals surface area contributed by atoms with Crippen molar-refractivity contribution in [3.63, 3.8) is 0 Å². The van der Waals surface area contributed by atoms with E-state index in [0.717, 1.165) is 17.7 Å². The Bertz CT molecular complexity index is 879. The van der Waals surface area contributed by atoms with Crippen molar-refractivity contribution in [2.45, 2.75) is 39.0 Å². The first-order chi connectivity index (χ1) is 13.8. The van der Waals surface area contributed by atoms with Crippen LogP contribution in [0.1, 0.15) is 39.2 Å². The Morgan fingerprint density at radius 3 is 2.10 bits per heavy atom. The van der Waals surface area contributed by atoms with Gasteiger partial charge in [0.25, 0.3) is 0 Å². The van der Waals surface area contributed by atoms with Crippen LogP contribution in [0.25, 0.3) is 0 Å². The van der Waals surface area contributed by atoms with Gasteiger partial charge in [0, 0.05) is 0 Å². The predicted octanol–water partition coefficient (Wildman–Crippen LogP) is 3.33. The molecule has 6 atom stereocenters. The maximum atomic E-state index is 12.9. The van der Waals surface area contributed by atoms with Crippen LogP contribution in [0, 0.1) is 35.5 Å². The highest BCUT2D eigenvalue weighted by molar-refractivity contribution is 6.08. The minimum Gasteiger partial charge on any atom is -0.425 e. The summed E-state index contributed by atoms with van der Waals surface area (Å²) >= 11 is 0. The summed E-state index contributed by atoms with van der Waals surface area (Å²) in [5.74, 6) is 0.381. The van der Waals surface area contributed by atoms with Gasteiger partial charge in [-0.05, 0) is 59.6 Å². The quantitative estimate of drug-likeness (QED) is 0.333. The average molecular weight is 393 g/mol. The highest BCUT2D eigenvalue weighted by Gasteiger charge is 2.67. The van der Waals surface area contributed by atoms with Crippen LogP contribution in [0.4, 0.5) is 0 Å². The lowest BCUT2D eigenvalue weighted by molar-refractivity contribution is -0.148. The van der Waals surface area contributed by atoms with Crippen molar-refractivity contribution in [3.8, 4) is 5.75 Å². The number of hydrogen-bond acceptors (Lipinski definition) is 4. The first kappa shape index (κ1) is 18.6. The summed E-state index contributed by atoms with van der Waals surface area (Å²) in [4.78, 5) is 39.5. The first-order valence-electron chi connectivity index (χ1n) is 10.7. The summed E-state index contributed by atoms with van der Waals surface area (Å²) in [6.45, 7) is 6.18. The highest BCUT2D eigenvalue weighted by Crippen LogP contribution is 2.65. The van der Waals surface area contributed by atoms with Gasteiger partial charge >= 0.3 is 5.97 Å². The molecule has 2 amide bonds. The molecule has 5 nitrogen and oxygen atoms in total. The summed E-state index contributed by atoms with van der Waals surface area (Å²) < 4.78 is 5.43. The van der Waals surface area contributed by atoms with Crippen molar-refractivity contribution in [1.82, 2.24) is 4.90 Å². The number of benzene rings is 1. The van der Waals surface area contributed by atoms with E-state index in [1.54, 1.807) is 12.1 Å². The number of carbonyl (C=O) groups excluding carboxylic acids is 3. The van der Waals surface area contributed by atoms with E-state index in [4.69, 9.17) is 4.74 Å². The molecule has 2 saturated carbocycles. The molecule has 2 bridgehead atoms. The zero-order valence-electron chi connectivity index (χ0n) is 17.1. The summed E-state index contributed by atoms with van der Waals surface area (Å²) in [6.07, 6.45) is 6.40. The molecule has 1 saturated heterocycles. The molecule has 0 radical (unpaired) electrons. The molecule has 5 aliphatic rings. The van der Waals surface area contributed by atoms with Gasteiger partial charge < -0.3 is 4.74 Å². The molecule has 1 aliphatic heterocycles. The Balaban J connectivity index is 1.26. The molecule has 4 aliphatic carbocycles. The normalized spacial score (nSPS) is 34.2. The van der Waals surface area contributed by atoms with Crippen LogP contribution in [0.2, 0.25) is 0 Å². The Kier molecular flexibility index (Phi) is 4.03. The maximum Gasteiger partial charge on any atom is 0.331 e.